The third-order valence-corrected chi connectivity index (χ3v) is 0. The number of hydrogen-bond donors (Lipinski definition) is 3. The molecule has 0 saturated heterocycles. The first-order valence-electron chi connectivity index (χ1n) is 0.783. The van der Waals surface area contributed by atoms with Crippen LogP contribution in [0.25, 0.3) is 0 Å². The first kappa shape index (κ1) is 16.8. The molecule has 0 bridgehead atoms. The van der Waals surface area contributed by atoms with Gasteiger partial charge in [0.25, 0.3) is 0 Å². The fourth-order valence-electron chi connectivity index (χ4n) is 0. The van der Waals surface area contributed by atoms with Gasteiger partial charge in [0.15, 0.2) is 0 Å². The molecule has 34 valence electrons. The third kappa shape index (κ3) is 44.7. The van der Waals surface area contributed by atoms with E-state index in [1.54, 1.807) is 0 Å². The minimum Gasteiger partial charge on any atom is -0.303 e. The zero-order valence-corrected chi connectivity index (χ0v) is 11.3. The normalized spacial score (nSPS) is 8.43. The van der Waals surface area contributed by atoms with Crippen LogP contribution in [-0.2, 0) is 4.57 Å². The average molecular weight is 176 g/mol. The molecule has 7 heavy (non-hydrogen) atoms. The van der Waals surface area contributed by atoms with Crippen LogP contribution in [0.3, 0.4) is 0 Å². The molecule has 7 heteroatoms. The zero-order chi connectivity index (χ0) is 4.50. The van der Waals surface area contributed by atoms with Crippen molar-refractivity contribution in [2.75, 3.05) is 0 Å². The van der Waals surface area contributed by atoms with E-state index in [1.165, 1.54) is 0 Å². The quantitative estimate of drug-likeness (QED) is 0.304. The Balaban J connectivity index is -0.0000000800. The van der Waals surface area contributed by atoms with Crippen molar-refractivity contribution in [3.63, 3.8) is 0 Å². The van der Waals surface area contributed by atoms with Gasteiger partial charge in [0.1, 0.15) is 0 Å². The van der Waals surface area contributed by atoms with Crippen molar-refractivity contribution in [1.82, 2.24) is 0 Å². The second-order valence-corrected chi connectivity index (χ2v) is 1.54. The molecule has 0 aliphatic carbocycles. The topological polar surface area (TPSA) is 77.8 Å². The summed E-state index contributed by atoms with van der Waals surface area (Å²) in [5, 5.41) is 0. The SMILES string of the molecule is O=P(O)(O)O.[K].[K]. The molecule has 0 spiro atoms. The van der Waals surface area contributed by atoms with Gasteiger partial charge in [-0.05, 0) is 0 Å². The van der Waals surface area contributed by atoms with E-state index in [1.807, 2.05) is 0 Å². The first-order chi connectivity index (χ1) is 2.00. The molecule has 4 nitrogen and oxygen atoms in total. The largest absolute Gasteiger partial charge is 0.466 e. The van der Waals surface area contributed by atoms with Crippen LogP contribution in [0.5, 0.6) is 0 Å². The van der Waals surface area contributed by atoms with Gasteiger partial charge in [0.05, 0.1) is 0 Å². The molecule has 0 heterocycles. The fraction of sp³-hybridized carbons (Fsp3) is 0. The van der Waals surface area contributed by atoms with Gasteiger partial charge in [-0.2, -0.15) is 0 Å². The van der Waals surface area contributed by atoms with Crippen LogP contribution in [0, 0.1) is 0 Å². The summed E-state index contributed by atoms with van der Waals surface area (Å²) in [7, 11) is -4.64. The number of hydrogen-bond acceptors (Lipinski definition) is 1. The molecule has 2 radical (unpaired) electrons. The summed E-state index contributed by atoms with van der Waals surface area (Å²) >= 11 is 0. The maximum absolute atomic E-state index is 8.88. The minimum atomic E-state index is -4.64. The van der Waals surface area contributed by atoms with E-state index < -0.39 is 7.82 Å². The third-order valence-electron chi connectivity index (χ3n) is 0. The number of rotatable bonds is 0. The summed E-state index contributed by atoms with van der Waals surface area (Å²) in [5.41, 5.74) is 0. The molecule has 0 fully saturated rings. The Morgan fingerprint density at radius 1 is 1.00 bits per heavy atom. The number of phosphoric acid groups is 1. The van der Waals surface area contributed by atoms with Crippen LogP contribution < -0.4 is 0 Å². The van der Waals surface area contributed by atoms with E-state index in [9.17, 15) is 0 Å². The molecular formula is H3K2O4P. The van der Waals surface area contributed by atoms with Crippen LogP contribution in [0.4, 0.5) is 0 Å². The van der Waals surface area contributed by atoms with Crippen molar-refractivity contribution >= 4 is 111 Å². The molecular weight excluding hydrogens is 173 g/mol. The predicted molar refractivity (Wildman–Crippen MR) is 25.8 cm³/mol. The summed E-state index contributed by atoms with van der Waals surface area (Å²) in [6, 6.07) is 0. The Morgan fingerprint density at radius 2 is 1.00 bits per heavy atom. The molecule has 3 N–H and O–H groups in total. The van der Waals surface area contributed by atoms with Crippen molar-refractivity contribution in [1.29, 1.82) is 0 Å². The summed E-state index contributed by atoms with van der Waals surface area (Å²) in [4.78, 5) is 21.6. The van der Waals surface area contributed by atoms with Crippen molar-refractivity contribution in [2.45, 2.75) is 0 Å². The Bertz CT molecular complexity index is 55.8. The van der Waals surface area contributed by atoms with Crippen molar-refractivity contribution in [2.24, 2.45) is 0 Å². The molecule has 0 aromatic rings. The van der Waals surface area contributed by atoms with Gasteiger partial charge in [0, 0.05) is 103 Å². The molecule has 0 aliphatic heterocycles. The van der Waals surface area contributed by atoms with Gasteiger partial charge in [0.2, 0.25) is 0 Å². The van der Waals surface area contributed by atoms with E-state index in [2.05, 4.69) is 0 Å². The molecule has 0 aromatic heterocycles. The Labute approximate surface area is 126 Å². The van der Waals surface area contributed by atoms with E-state index in [-0.39, 0.29) is 103 Å². The van der Waals surface area contributed by atoms with Gasteiger partial charge in [-0.15, -0.1) is 0 Å². The predicted octanol–water partition coefficient (Wildman–Crippen LogP) is -1.69. The summed E-state index contributed by atoms with van der Waals surface area (Å²) in [6.07, 6.45) is 0. The van der Waals surface area contributed by atoms with Crippen molar-refractivity contribution in [3.05, 3.63) is 0 Å². The molecule has 0 aromatic carbocycles. The molecule has 0 rings (SSSR count). The van der Waals surface area contributed by atoms with Crippen molar-refractivity contribution in [3.8, 4) is 0 Å². The Morgan fingerprint density at radius 3 is 1.00 bits per heavy atom. The van der Waals surface area contributed by atoms with Gasteiger partial charge >= 0.3 is 7.82 Å². The maximum Gasteiger partial charge on any atom is 0.466 e. The standard InChI is InChI=1S/2K.H3O4P/c;;1-5(2,3)4/h;;(H3,1,2,3,4). The monoisotopic (exact) mass is 176 g/mol. The van der Waals surface area contributed by atoms with E-state index in [4.69, 9.17) is 19.2 Å². The Hall–Kier alpha value is 3.38. The molecule has 0 saturated carbocycles. The van der Waals surface area contributed by atoms with Crippen molar-refractivity contribution < 1.29 is 19.2 Å². The molecule has 0 aliphatic rings. The van der Waals surface area contributed by atoms with Gasteiger partial charge < -0.3 is 14.7 Å². The van der Waals surface area contributed by atoms with E-state index in [0.717, 1.165) is 0 Å². The summed E-state index contributed by atoms with van der Waals surface area (Å²) < 4.78 is 8.88. The van der Waals surface area contributed by atoms with Crippen LogP contribution in [0.2, 0.25) is 0 Å². The van der Waals surface area contributed by atoms with Gasteiger partial charge in [-0.3, -0.25) is 0 Å². The van der Waals surface area contributed by atoms with Crippen LogP contribution >= 0.6 is 7.82 Å². The molecule has 0 unspecified atom stereocenters. The Kier molecular flexibility index (Phi) is 17.9. The summed E-state index contributed by atoms with van der Waals surface area (Å²) in [6.45, 7) is 0. The van der Waals surface area contributed by atoms with Crippen LogP contribution in [0.1, 0.15) is 0 Å². The van der Waals surface area contributed by atoms with Gasteiger partial charge in [-0.25, -0.2) is 4.57 Å². The second kappa shape index (κ2) is 7.49. The van der Waals surface area contributed by atoms with Crippen LogP contribution in [-0.4, -0.2) is 117 Å². The van der Waals surface area contributed by atoms with E-state index >= 15 is 0 Å². The maximum atomic E-state index is 8.88. The first-order valence-corrected chi connectivity index (χ1v) is 2.35. The van der Waals surface area contributed by atoms with Gasteiger partial charge in [-0.1, -0.05) is 0 Å². The average Bonchev–Trinajstić information content (AvgIpc) is 0.722. The second-order valence-electron chi connectivity index (χ2n) is 0.513. The van der Waals surface area contributed by atoms with Crippen LogP contribution in [0.15, 0.2) is 0 Å². The van der Waals surface area contributed by atoms with E-state index in [0.29, 0.717) is 0 Å². The fourth-order valence-corrected chi connectivity index (χ4v) is 0. The molecule has 0 atom stereocenters. The minimum absolute atomic E-state index is 0. The molecule has 0 amide bonds. The smallest absolute Gasteiger partial charge is 0.303 e. The zero-order valence-electron chi connectivity index (χ0n) is 4.20. The summed E-state index contributed by atoms with van der Waals surface area (Å²) in [5.74, 6) is 0.